The number of aliphatic hydroxyl groups is 1. The fourth-order valence-corrected chi connectivity index (χ4v) is 5.55. The number of hydrogen-bond donors (Lipinski definition) is 2. The molecule has 0 aliphatic heterocycles. The fraction of sp³-hybridized carbons (Fsp3) is 0.520. The normalized spacial score (nSPS) is 26.2. The zero-order valence-corrected chi connectivity index (χ0v) is 21.7. The van der Waals surface area contributed by atoms with Crippen LogP contribution in [0.3, 0.4) is 0 Å². The molecule has 2 aliphatic rings. The molecule has 1 aromatic heterocycles. The molecule has 2 atom stereocenters. The Morgan fingerprint density at radius 1 is 1.31 bits per heavy atom. The number of hydrogen-bond acceptors (Lipinski definition) is 5. The molecule has 188 valence electrons. The molecule has 2 aromatic rings. The van der Waals surface area contributed by atoms with Gasteiger partial charge in [-0.25, -0.2) is 17.8 Å². The topological polar surface area (TPSA) is 101 Å². The molecule has 35 heavy (non-hydrogen) atoms. The van der Waals surface area contributed by atoms with Crippen LogP contribution in [0.15, 0.2) is 24.5 Å². The lowest BCUT2D eigenvalue weighted by Crippen LogP contribution is -2.31. The molecule has 4 rings (SSSR count). The number of carbonyl (C=O) groups is 1. The largest absolute Gasteiger partial charge is 0.378 e. The summed E-state index contributed by atoms with van der Waals surface area (Å²) >= 11 is 5.83. The minimum absolute atomic E-state index is 0.0497. The van der Waals surface area contributed by atoms with Crippen molar-refractivity contribution in [3.63, 3.8) is 0 Å². The number of nitrogens with zero attached hydrogens (tertiary/aromatic N) is 2. The highest BCUT2D eigenvalue weighted by atomic mass is 35.5. The summed E-state index contributed by atoms with van der Waals surface area (Å²) in [6, 6.07) is 4.00. The second-order valence-corrected chi connectivity index (χ2v) is 13.3. The summed E-state index contributed by atoms with van der Waals surface area (Å²) in [6.07, 6.45) is 5.18. The first kappa shape index (κ1) is 25.7. The van der Waals surface area contributed by atoms with Crippen molar-refractivity contribution in [3.8, 4) is 11.8 Å². The maximum Gasteiger partial charge on any atom is 0.274 e. The van der Waals surface area contributed by atoms with E-state index in [1.54, 1.807) is 17.9 Å². The number of benzene rings is 1. The average Bonchev–Trinajstić information content (AvgIpc) is 3.39. The number of aryl methyl sites for hydroxylation is 1. The van der Waals surface area contributed by atoms with Gasteiger partial charge in [-0.15, -0.1) is 0 Å². The summed E-state index contributed by atoms with van der Waals surface area (Å²) in [6.45, 7) is 3.08. The quantitative estimate of drug-likeness (QED) is 0.594. The van der Waals surface area contributed by atoms with Crippen LogP contribution in [0.4, 0.5) is 10.1 Å². The highest BCUT2D eigenvalue weighted by molar-refractivity contribution is 7.92. The molecule has 1 amide bonds. The maximum absolute atomic E-state index is 13.5. The molecule has 2 saturated carbocycles. The first-order valence-corrected chi connectivity index (χ1v) is 13.7. The van der Waals surface area contributed by atoms with Crippen LogP contribution in [0.5, 0.6) is 0 Å². The van der Waals surface area contributed by atoms with Crippen LogP contribution in [-0.2, 0) is 16.9 Å². The Kier molecular flexibility index (Phi) is 6.54. The van der Waals surface area contributed by atoms with E-state index in [0.29, 0.717) is 29.9 Å². The third-order valence-corrected chi connectivity index (χ3v) is 9.55. The van der Waals surface area contributed by atoms with Gasteiger partial charge < -0.3 is 15.0 Å². The summed E-state index contributed by atoms with van der Waals surface area (Å²) in [5.41, 5.74) is 0.298. The minimum Gasteiger partial charge on any atom is -0.378 e. The summed E-state index contributed by atoms with van der Waals surface area (Å²) in [5.74, 6) is 5.18. The van der Waals surface area contributed by atoms with Gasteiger partial charge in [0.1, 0.15) is 21.9 Å². The van der Waals surface area contributed by atoms with Crippen molar-refractivity contribution in [2.45, 2.75) is 55.8 Å². The number of anilines is 1. The third kappa shape index (κ3) is 5.11. The molecule has 7 nitrogen and oxygen atoms in total. The Hall–Kier alpha value is -2.41. The summed E-state index contributed by atoms with van der Waals surface area (Å²) in [7, 11) is -1.63. The van der Waals surface area contributed by atoms with Crippen LogP contribution in [0.25, 0.3) is 0 Å². The Morgan fingerprint density at radius 2 is 1.94 bits per heavy atom. The first-order chi connectivity index (χ1) is 16.2. The molecule has 10 heteroatoms. The Labute approximate surface area is 210 Å². The zero-order chi connectivity index (χ0) is 25.8. The van der Waals surface area contributed by atoms with Crippen molar-refractivity contribution in [1.82, 2.24) is 9.55 Å². The second-order valence-electron chi connectivity index (χ2n) is 10.3. The number of nitrogens with one attached hydrogen (secondary N) is 1. The highest BCUT2D eigenvalue weighted by Crippen LogP contribution is 2.53. The van der Waals surface area contributed by atoms with E-state index < -0.39 is 26.0 Å². The van der Waals surface area contributed by atoms with Crippen LogP contribution >= 0.6 is 11.6 Å². The van der Waals surface area contributed by atoms with Crippen LogP contribution in [0.2, 0.25) is 5.02 Å². The van der Waals surface area contributed by atoms with E-state index in [1.165, 1.54) is 32.0 Å². The van der Waals surface area contributed by atoms with Gasteiger partial charge in [-0.1, -0.05) is 23.4 Å². The molecule has 0 saturated heterocycles. The van der Waals surface area contributed by atoms with Gasteiger partial charge >= 0.3 is 0 Å². The lowest BCUT2D eigenvalue weighted by Gasteiger charge is -2.21. The lowest BCUT2D eigenvalue weighted by atomic mass is 9.92. The van der Waals surface area contributed by atoms with E-state index in [1.807, 2.05) is 0 Å². The number of amides is 1. The number of imidazole rings is 1. The van der Waals surface area contributed by atoms with Crippen LogP contribution in [0, 0.1) is 29.5 Å². The standard InChI is InChI=1S/C25H29ClFN3O4S/c1-24(2,35(4,33)34)7-8-25(32)12-16-9-15(10-17(16)13-25)21-22(30(3)14-28-21)23(31)29-18-5-6-20(27)19(26)11-18/h5-6,11,14-17,32H,9-10,12-13H2,1-4H3,(H,29,31). The maximum atomic E-state index is 13.5. The van der Waals surface area contributed by atoms with Crippen molar-refractivity contribution in [3.05, 3.63) is 46.8 Å². The van der Waals surface area contributed by atoms with E-state index in [0.717, 1.165) is 19.1 Å². The molecule has 2 N–H and O–H groups in total. The van der Waals surface area contributed by atoms with E-state index in [4.69, 9.17) is 11.6 Å². The summed E-state index contributed by atoms with van der Waals surface area (Å²) in [5, 5.41) is 13.7. The number of rotatable bonds is 4. The number of fused-ring (bicyclic) bond motifs is 1. The lowest BCUT2D eigenvalue weighted by molar-refractivity contribution is 0.0978. The van der Waals surface area contributed by atoms with E-state index in [-0.39, 0.29) is 28.7 Å². The molecule has 0 spiro atoms. The molecule has 0 radical (unpaired) electrons. The van der Waals surface area contributed by atoms with Crippen molar-refractivity contribution >= 4 is 33.0 Å². The number of sulfone groups is 1. The van der Waals surface area contributed by atoms with Gasteiger partial charge in [0.2, 0.25) is 0 Å². The van der Waals surface area contributed by atoms with Crippen molar-refractivity contribution < 1.29 is 22.7 Å². The molecule has 2 fully saturated rings. The number of aromatic nitrogens is 2. The van der Waals surface area contributed by atoms with Crippen LogP contribution in [0.1, 0.15) is 61.6 Å². The monoisotopic (exact) mass is 521 g/mol. The van der Waals surface area contributed by atoms with Gasteiger partial charge in [0.25, 0.3) is 5.91 Å². The molecule has 1 heterocycles. The molecule has 2 aliphatic carbocycles. The molecule has 2 unspecified atom stereocenters. The van der Waals surface area contributed by atoms with Crippen molar-refractivity contribution in [2.24, 2.45) is 18.9 Å². The van der Waals surface area contributed by atoms with E-state index in [2.05, 4.69) is 22.1 Å². The third-order valence-electron chi connectivity index (χ3n) is 7.31. The second kappa shape index (κ2) is 8.91. The SMILES string of the molecule is Cn1cnc(C2CC3CC(O)(C#CC(C)(C)S(C)(=O)=O)CC3C2)c1C(=O)Nc1ccc(F)c(Cl)c1. The predicted octanol–water partition coefficient (Wildman–Crippen LogP) is 3.93. The number of halogens is 2. The summed E-state index contributed by atoms with van der Waals surface area (Å²) < 4.78 is 37.8. The Morgan fingerprint density at radius 3 is 2.51 bits per heavy atom. The molecular weight excluding hydrogens is 493 g/mol. The molecule has 0 bridgehead atoms. The highest BCUT2D eigenvalue weighted by Gasteiger charge is 2.49. The van der Waals surface area contributed by atoms with Gasteiger partial charge in [-0.05, 0) is 69.6 Å². The van der Waals surface area contributed by atoms with Gasteiger partial charge in [-0.2, -0.15) is 0 Å². The van der Waals surface area contributed by atoms with Crippen LogP contribution in [-0.4, -0.2) is 45.6 Å². The zero-order valence-electron chi connectivity index (χ0n) is 20.1. The van der Waals surface area contributed by atoms with Gasteiger partial charge in [0, 0.05) is 24.9 Å². The fourth-order valence-electron chi connectivity index (χ4n) is 5.14. The smallest absolute Gasteiger partial charge is 0.274 e. The van der Waals surface area contributed by atoms with Crippen molar-refractivity contribution in [1.29, 1.82) is 0 Å². The predicted molar refractivity (Wildman–Crippen MR) is 132 cm³/mol. The number of carbonyl (C=O) groups excluding carboxylic acids is 1. The Balaban J connectivity index is 1.48. The van der Waals surface area contributed by atoms with Gasteiger partial charge in [-0.3, -0.25) is 4.79 Å². The van der Waals surface area contributed by atoms with Gasteiger partial charge in [0.15, 0.2) is 9.84 Å². The van der Waals surface area contributed by atoms with E-state index >= 15 is 0 Å². The van der Waals surface area contributed by atoms with Crippen LogP contribution < -0.4 is 5.32 Å². The van der Waals surface area contributed by atoms with E-state index in [9.17, 15) is 22.7 Å². The first-order valence-electron chi connectivity index (χ1n) is 11.4. The van der Waals surface area contributed by atoms with Crippen molar-refractivity contribution in [2.75, 3.05) is 11.6 Å². The Bertz CT molecular complexity index is 1330. The minimum atomic E-state index is -3.38. The average molecular weight is 522 g/mol. The molecular formula is C25H29ClFN3O4S. The molecule has 1 aromatic carbocycles. The summed E-state index contributed by atoms with van der Waals surface area (Å²) in [4.78, 5) is 17.6. The van der Waals surface area contributed by atoms with Gasteiger partial charge in [0.05, 0.1) is 17.0 Å².